The third kappa shape index (κ3) is 8.30. The van der Waals surface area contributed by atoms with E-state index in [0.29, 0.717) is 24.7 Å². The highest BCUT2D eigenvalue weighted by Crippen LogP contribution is 2.63. The number of benzene rings is 3. The molecule has 3 aliphatic rings. The summed E-state index contributed by atoms with van der Waals surface area (Å²) in [5, 5.41) is 21.3. The van der Waals surface area contributed by atoms with E-state index in [1.54, 1.807) is 6.07 Å². The van der Waals surface area contributed by atoms with Crippen LogP contribution in [0.5, 0.6) is 5.75 Å². The number of carbonyl (C=O) groups excluding carboxylic acids is 1. The highest BCUT2D eigenvalue weighted by atomic mass is 19.1. The first-order valence-electron chi connectivity index (χ1n) is 19.8. The molecule has 50 heavy (non-hydrogen) atoms. The summed E-state index contributed by atoms with van der Waals surface area (Å²) in [5.41, 5.74) is 5.24. The van der Waals surface area contributed by atoms with Crippen LogP contribution < -0.4 is 0 Å². The summed E-state index contributed by atoms with van der Waals surface area (Å²) in [4.78, 5) is 15.8. The van der Waals surface area contributed by atoms with Gasteiger partial charge in [0.05, 0.1) is 12.5 Å². The van der Waals surface area contributed by atoms with E-state index >= 15 is 4.39 Å². The first kappa shape index (κ1) is 36.6. The lowest BCUT2D eigenvalue weighted by atomic mass is 9.51. The number of rotatable bonds is 16. The summed E-state index contributed by atoms with van der Waals surface area (Å²) in [6.45, 7) is 5.98. The number of unbranched alkanes of at least 4 members (excludes halogenated alkanes) is 7. The summed E-state index contributed by atoms with van der Waals surface area (Å²) < 4.78 is 16.2. The Hall–Kier alpha value is -3.18. The molecule has 3 aliphatic carbocycles. The van der Waals surface area contributed by atoms with Crippen molar-refractivity contribution in [1.82, 2.24) is 4.90 Å². The molecule has 6 rings (SSSR count). The Morgan fingerprint density at radius 1 is 0.860 bits per heavy atom. The Bertz CT molecular complexity index is 1530. The van der Waals surface area contributed by atoms with E-state index in [-0.39, 0.29) is 28.9 Å². The van der Waals surface area contributed by atoms with Gasteiger partial charge >= 0.3 is 0 Å². The monoisotopic (exact) mass is 681 g/mol. The van der Waals surface area contributed by atoms with Gasteiger partial charge in [-0.3, -0.25) is 4.79 Å². The first-order valence-corrected chi connectivity index (χ1v) is 19.8. The number of aliphatic hydroxyl groups is 1. The van der Waals surface area contributed by atoms with Crippen LogP contribution >= 0.6 is 0 Å². The average molecular weight is 682 g/mol. The fraction of sp³-hybridized carbons (Fsp3) is 0.578. The second-order valence-corrected chi connectivity index (χ2v) is 16.1. The van der Waals surface area contributed by atoms with Crippen LogP contribution in [0.1, 0.15) is 120 Å². The molecule has 0 saturated heterocycles. The van der Waals surface area contributed by atoms with E-state index < -0.39 is 12.3 Å². The molecule has 0 aromatic heterocycles. The molecule has 2 N–H and O–H groups in total. The number of halogens is 1. The number of amides is 1. The molecular weight excluding hydrogens is 621 g/mol. The molecule has 0 aliphatic heterocycles. The predicted octanol–water partition coefficient (Wildman–Crippen LogP) is 10.4. The predicted molar refractivity (Wildman–Crippen MR) is 202 cm³/mol. The van der Waals surface area contributed by atoms with Crippen LogP contribution in [-0.4, -0.2) is 46.4 Å². The molecular formula is C45H60FNO3. The zero-order chi connectivity index (χ0) is 35.1. The Balaban J connectivity index is 1.07. The standard InChI is InChI=1S/C45H60FNO3/c1-3-4-5-6-7-13-26-47(42(50)28-32-18-20-34(21-19-32)33-15-10-8-11-16-33)27-14-9-12-17-35-29-36-30-37(48)22-23-38(36)44-40(46)31-45(2)39(43(35)44)24-25-41(45)49/h8,10-11,15-16,18-23,30,35,39-41,43-44,48-49H,3-7,9,12-14,17,24-29,31H2,1-2H3/t35-,39?,40+,41+,43?,44?,45+/m1/s1. The fourth-order valence-corrected chi connectivity index (χ4v) is 10.1. The highest BCUT2D eigenvalue weighted by molar-refractivity contribution is 5.79. The number of nitrogens with zero attached hydrogens (tertiary/aromatic N) is 1. The van der Waals surface area contributed by atoms with Gasteiger partial charge in [-0.2, -0.15) is 0 Å². The SMILES string of the molecule is CCCCCCCCN(CCCCC[C@@H]1Cc2cc(O)ccc2C2C1C1CC[C@H](O)[C@@]1(C)C[C@@H]2F)C(=O)Cc1ccc(-c2ccccc2)cc1. The van der Waals surface area contributed by atoms with Gasteiger partial charge in [0, 0.05) is 19.0 Å². The van der Waals surface area contributed by atoms with Crippen molar-refractivity contribution in [3.63, 3.8) is 0 Å². The molecule has 7 atom stereocenters. The van der Waals surface area contributed by atoms with Crippen LogP contribution in [-0.2, 0) is 17.6 Å². The van der Waals surface area contributed by atoms with E-state index in [1.807, 2.05) is 18.2 Å². The quantitative estimate of drug-likeness (QED) is 0.148. The number of alkyl halides is 1. The van der Waals surface area contributed by atoms with Crippen LogP contribution in [0.4, 0.5) is 4.39 Å². The minimum absolute atomic E-state index is 0.153. The van der Waals surface area contributed by atoms with Crippen molar-refractivity contribution in [2.45, 2.75) is 128 Å². The third-order valence-corrected chi connectivity index (χ3v) is 12.8. The normalized spacial score (nSPS) is 27.0. The second kappa shape index (κ2) is 16.9. The molecule has 3 unspecified atom stereocenters. The van der Waals surface area contributed by atoms with E-state index in [2.05, 4.69) is 67.3 Å². The number of aromatic hydroxyl groups is 1. The van der Waals surface area contributed by atoms with Gasteiger partial charge in [-0.1, -0.05) is 119 Å². The summed E-state index contributed by atoms with van der Waals surface area (Å²) in [7, 11) is 0. The Labute approximate surface area is 300 Å². The summed E-state index contributed by atoms with van der Waals surface area (Å²) in [5.74, 6) is 1.20. The zero-order valence-electron chi connectivity index (χ0n) is 30.5. The smallest absolute Gasteiger partial charge is 0.226 e. The zero-order valence-corrected chi connectivity index (χ0v) is 30.5. The van der Waals surface area contributed by atoms with Crippen molar-refractivity contribution >= 4 is 5.91 Å². The van der Waals surface area contributed by atoms with Gasteiger partial charge in [-0.15, -0.1) is 0 Å². The van der Waals surface area contributed by atoms with Gasteiger partial charge < -0.3 is 15.1 Å². The number of aliphatic hydroxyl groups excluding tert-OH is 1. The van der Waals surface area contributed by atoms with Gasteiger partial charge in [0.25, 0.3) is 0 Å². The lowest BCUT2D eigenvalue weighted by Gasteiger charge is -2.54. The van der Waals surface area contributed by atoms with Crippen molar-refractivity contribution in [2.75, 3.05) is 13.1 Å². The largest absolute Gasteiger partial charge is 0.508 e. The number of phenols is 1. The van der Waals surface area contributed by atoms with Crippen molar-refractivity contribution < 1.29 is 19.4 Å². The van der Waals surface area contributed by atoms with Gasteiger partial charge in [-0.25, -0.2) is 4.39 Å². The van der Waals surface area contributed by atoms with Crippen LogP contribution in [0.15, 0.2) is 72.8 Å². The average Bonchev–Trinajstić information content (AvgIpc) is 3.41. The number of fused-ring (bicyclic) bond motifs is 5. The van der Waals surface area contributed by atoms with E-state index in [1.165, 1.54) is 43.2 Å². The molecule has 2 saturated carbocycles. The minimum Gasteiger partial charge on any atom is -0.508 e. The summed E-state index contributed by atoms with van der Waals surface area (Å²) in [6, 6.07) is 24.3. The Morgan fingerprint density at radius 3 is 2.28 bits per heavy atom. The molecule has 3 aromatic carbocycles. The van der Waals surface area contributed by atoms with Crippen LogP contribution in [0.2, 0.25) is 0 Å². The molecule has 0 bridgehead atoms. The van der Waals surface area contributed by atoms with Crippen molar-refractivity contribution in [1.29, 1.82) is 0 Å². The second-order valence-electron chi connectivity index (χ2n) is 16.1. The maximum atomic E-state index is 16.2. The van der Waals surface area contributed by atoms with Crippen LogP contribution in [0.3, 0.4) is 0 Å². The van der Waals surface area contributed by atoms with Gasteiger partial charge in [0.15, 0.2) is 0 Å². The van der Waals surface area contributed by atoms with E-state index in [9.17, 15) is 15.0 Å². The lowest BCUT2D eigenvalue weighted by Crippen LogP contribution is -2.51. The molecule has 2 fully saturated rings. The van der Waals surface area contributed by atoms with Gasteiger partial charge in [-0.05, 0) is 108 Å². The number of hydrogen-bond acceptors (Lipinski definition) is 3. The molecule has 4 nitrogen and oxygen atoms in total. The molecule has 1 amide bonds. The highest BCUT2D eigenvalue weighted by Gasteiger charge is 2.59. The number of hydrogen-bond donors (Lipinski definition) is 2. The summed E-state index contributed by atoms with van der Waals surface area (Å²) in [6.07, 6.45) is 13.4. The Morgan fingerprint density at radius 2 is 1.54 bits per heavy atom. The van der Waals surface area contributed by atoms with Gasteiger partial charge in [0.1, 0.15) is 11.9 Å². The molecule has 0 spiro atoms. The first-order chi connectivity index (χ1) is 24.3. The van der Waals surface area contributed by atoms with Crippen molar-refractivity contribution in [3.8, 4) is 16.9 Å². The van der Waals surface area contributed by atoms with Crippen LogP contribution in [0.25, 0.3) is 11.1 Å². The maximum absolute atomic E-state index is 16.2. The molecule has 5 heteroatoms. The van der Waals surface area contributed by atoms with Crippen molar-refractivity contribution in [3.05, 3.63) is 89.5 Å². The van der Waals surface area contributed by atoms with Crippen molar-refractivity contribution in [2.24, 2.45) is 23.2 Å². The molecule has 3 aromatic rings. The minimum atomic E-state index is -0.976. The Kier molecular flexibility index (Phi) is 12.4. The van der Waals surface area contributed by atoms with Gasteiger partial charge in [0.2, 0.25) is 5.91 Å². The van der Waals surface area contributed by atoms with Crippen LogP contribution in [0, 0.1) is 23.2 Å². The summed E-state index contributed by atoms with van der Waals surface area (Å²) >= 11 is 0. The number of phenolic OH excluding ortho intramolecular Hbond substituents is 1. The van der Waals surface area contributed by atoms with E-state index in [4.69, 9.17) is 0 Å². The molecule has 270 valence electrons. The molecule has 0 heterocycles. The maximum Gasteiger partial charge on any atom is 0.226 e. The topological polar surface area (TPSA) is 60.8 Å². The third-order valence-electron chi connectivity index (χ3n) is 12.8. The lowest BCUT2D eigenvalue weighted by molar-refractivity contribution is -0.130. The van der Waals surface area contributed by atoms with E-state index in [0.717, 1.165) is 81.1 Å². The molecule has 0 radical (unpaired) electrons. The fourth-order valence-electron chi connectivity index (χ4n) is 10.1. The number of carbonyl (C=O) groups is 1.